The first-order valence-corrected chi connectivity index (χ1v) is 7.75. The van der Waals surface area contributed by atoms with Crippen LogP contribution in [-0.2, 0) is 0 Å². The second-order valence-corrected chi connectivity index (χ2v) is 5.85. The largest absolute Gasteiger partial charge is 0.493 e. The molecule has 0 spiro atoms. The third-order valence-corrected chi connectivity index (χ3v) is 4.30. The summed E-state index contributed by atoms with van der Waals surface area (Å²) in [7, 11) is 0. The molecule has 20 heavy (non-hydrogen) atoms. The summed E-state index contributed by atoms with van der Waals surface area (Å²) >= 11 is 6.14. The van der Waals surface area contributed by atoms with Crippen molar-refractivity contribution in [1.82, 2.24) is 0 Å². The molecule has 0 aliphatic carbocycles. The molecule has 114 valence electrons. The third-order valence-electron chi connectivity index (χ3n) is 4.06. The van der Waals surface area contributed by atoms with Gasteiger partial charge in [0.2, 0.25) is 0 Å². The van der Waals surface area contributed by atoms with E-state index in [-0.39, 0.29) is 0 Å². The zero-order valence-corrected chi connectivity index (χ0v) is 13.5. The number of rotatable bonds is 8. The van der Waals surface area contributed by atoms with Crippen LogP contribution in [0.15, 0.2) is 18.2 Å². The monoisotopic (exact) mass is 298 g/mol. The average molecular weight is 299 g/mol. The second-order valence-electron chi connectivity index (χ2n) is 5.41. The minimum atomic E-state index is 0.303. The highest BCUT2D eigenvalue weighted by Crippen LogP contribution is 2.36. The van der Waals surface area contributed by atoms with Crippen molar-refractivity contribution in [1.29, 1.82) is 0 Å². The van der Waals surface area contributed by atoms with Crippen LogP contribution in [-0.4, -0.2) is 19.7 Å². The predicted molar refractivity (Wildman–Crippen MR) is 86.4 cm³/mol. The lowest BCUT2D eigenvalue weighted by atomic mass is 9.80. The van der Waals surface area contributed by atoms with Gasteiger partial charge >= 0.3 is 0 Å². The number of benzene rings is 1. The molecule has 0 fully saturated rings. The smallest absolute Gasteiger partial charge is 0.122 e. The van der Waals surface area contributed by atoms with Crippen LogP contribution in [0, 0.1) is 11.8 Å². The molecule has 0 amide bonds. The molecule has 0 bridgehead atoms. The third kappa shape index (κ3) is 4.37. The van der Waals surface area contributed by atoms with Crippen LogP contribution in [0.4, 0.5) is 0 Å². The number of nitrogens with two attached hydrogens (primary N) is 2. The van der Waals surface area contributed by atoms with Crippen molar-refractivity contribution in [3.8, 4) is 5.75 Å². The topological polar surface area (TPSA) is 61.3 Å². The number of hydrogen-bond donors (Lipinski definition) is 2. The van der Waals surface area contributed by atoms with Gasteiger partial charge in [0, 0.05) is 5.02 Å². The van der Waals surface area contributed by atoms with E-state index in [1.807, 2.05) is 18.2 Å². The van der Waals surface area contributed by atoms with Crippen LogP contribution in [0.1, 0.15) is 38.7 Å². The minimum absolute atomic E-state index is 0.303. The Balaban J connectivity index is 3.00. The lowest BCUT2D eigenvalue weighted by molar-refractivity contribution is 0.294. The number of halogens is 1. The minimum Gasteiger partial charge on any atom is -0.493 e. The normalized spacial score (nSPS) is 14.3. The van der Waals surface area contributed by atoms with Gasteiger partial charge in [0.1, 0.15) is 5.75 Å². The van der Waals surface area contributed by atoms with Crippen molar-refractivity contribution in [2.24, 2.45) is 23.3 Å². The molecular formula is C16H27ClN2O. The number of ether oxygens (including phenoxy) is 1. The zero-order valence-electron chi connectivity index (χ0n) is 12.7. The fourth-order valence-corrected chi connectivity index (χ4v) is 2.62. The van der Waals surface area contributed by atoms with Crippen LogP contribution in [0.5, 0.6) is 5.75 Å². The number of hydrogen-bond acceptors (Lipinski definition) is 3. The van der Waals surface area contributed by atoms with Crippen molar-refractivity contribution >= 4 is 11.6 Å². The lowest BCUT2D eigenvalue weighted by Crippen LogP contribution is -2.31. The van der Waals surface area contributed by atoms with Crippen molar-refractivity contribution in [2.45, 2.75) is 33.1 Å². The first kappa shape index (κ1) is 17.3. The standard InChI is InChI=1S/C16H27ClN2O/c1-4-7-20-16-6-5-14(17)8-15(16)12(3)11(2)13(9-18)10-19/h5-6,8,11-13H,4,7,9-10,18-19H2,1-3H3. The van der Waals surface area contributed by atoms with Gasteiger partial charge in [-0.3, -0.25) is 0 Å². The summed E-state index contributed by atoms with van der Waals surface area (Å²) in [6.07, 6.45) is 0.986. The Morgan fingerprint density at radius 1 is 1.20 bits per heavy atom. The van der Waals surface area contributed by atoms with E-state index < -0.39 is 0 Å². The maximum Gasteiger partial charge on any atom is 0.122 e. The van der Waals surface area contributed by atoms with E-state index in [4.69, 9.17) is 27.8 Å². The van der Waals surface area contributed by atoms with Crippen LogP contribution in [0.25, 0.3) is 0 Å². The molecular weight excluding hydrogens is 272 g/mol. The van der Waals surface area contributed by atoms with Gasteiger partial charge in [-0.2, -0.15) is 0 Å². The Labute approximate surface area is 127 Å². The molecule has 0 radical (unpaired) electrons. The molecule has 4 N–H and O–H groups in total. The zero-order chi connectivity index (χ0) is 15.1. The van der Waals surface area contributed by atoms with Gasteiger partial charge < -0.3 is 16.2 Å². The molecule has 0 aliphatic rings. The van der Waals surface area contributed by atoms with E-state index in [1.54, 1.807) is 0 Å². The summed E-state index contributed by atoms with van der Waals surface area (Å²) in [5.74, 6) is 1.91. The molecule has 2 unspecified atom stereocenters. The molecule has 0 heterocycles. The van der Waals surface area contributed by atoms with Crippen molar-refractivity contribution < 1.29 is 4.74 Å². The first-order valence-electron chi connectivity index (χ1n) is 7.37. The van der Waals surface area contributed by atoms with E-state index in [1.165, 1.54) is 0 Å². The Morgan fingerprint density at radius 3 is 2.40 bits per heavy atom. The van der Waals surface area contributed by atoms with E-state index in [0.717, 1.165) is 22.8 Å². The molecule has 1 rings (SSSR count). The van der Waals surface area contributed by atoms with Crippen molar-refractivity contribution in [2.75, 3.05) is 19.7 Å². The van der Waals surface area contributed by atoms with Crippen LogP contribution in [0.2, 0.25) is 5.02 Å². The fourth-order valence-electron chi connectivity index (χ4n) is 2.44. The Kier molecular flexibility index (Phi) is 7.35. The molecule has 0 aliphatic heterocycles. The molecule has 1 aromatic carbocycles. The highest BCUT2D eigenvalue weighted by Gasteiger charge is 2.24. The van der Waals surface area contributed by atoms with E-state index in [0.29, 0.717) is 37.5 Å². The molecule has 0 aromatic heterocycles. The maximum absolute atomic E-state index is 6.14. The fraction of sp³-hybridized carbons (Fsp3) is 0.625. The average Bonchev–Trinajstić information content (AvgIpc) is 2.46. The molecule has 4 heteroatoms. The van der Waals surface area contributed by atoms with Crippen molar-refractivity contribution in [3.05, 3.63) is 28.8 Å². The van der Waals surface area contributed by atoms with Gasteiger partial charge in [0.05, 0.1) is 6.61 Å². The lowest BCUT2D eigenvalue weighted by Gasteiger charge is -2.28. The van der Waals surface area contributed by atoms with Gasteiger partial charge in [0.15, 0.2) is 0 Å². The molecule has 3 nitrogen and oxygen atoms in total. The Bertz CT molecular complexity index is 407. The maximum atomic E-state index is 6.14. The Morgan fingerprint density at radius 2 is 1.85 bits per heavy atom. The van der Waals surface area contributed by atoms with Gasteiger partial charge in [-0.15, -0.1) is 0 Å². The molecule has 0 saturated carbocycles. The molecule has 0 saturated heterocycles. The molecule has 1 aromatic rings. The van der Waals surface area contributed by atoms with E-state index >= 15 is 0 Å². The van der Waals surface area contributed by atoms with Gasteiger partial charge in [-0.05, 0) is 61.0 Å². The quantitative estimate of drug-likeness (QED) is 0.773. The van der Waals surface area contributed by atoms with Gasteiger partial charge in [-0.1, -0.05) is 32.4 Å². The van der Waals surface area contributed by atoms with Crippen molar-refractivity contribution in [3.63, 3.8) is 0 Å². The first-order chi connectivity index (χ1) is 9.54. The summed E-state index contributed by atoms with van der Waals surface area (Å²) < 4.78 is 5.84. The summed E-state index contributed by atoms with van der Waals surface area (Å²) in [5, 5.41) is 0.736. The van der Waals surface area contributed by atoms with Crippen LogP contribution < -0.4 is 16.2 Å². The van der Waals surface area contributed by atoms with E-state index in [9.17, 15) is 0 Å². The SMILES string of the molecule is CCCOc1ccc(Cl)cc1C(C)C(C)C(CN)CN. The highest BCUT2D eigenvalue weighted by atomic mass is 35.5. The Hall–Kier alpha value is -0.770. The summed E-state index contributed by atoms with van der Waals surface area (Å²) in [6, 6.07) is 5.82. The predicted octanol–water partition coefficient (Wildman–Crippen LogP) is 3.40. The van der Waals surface area contributed by atoms with Crippen LogP contribution in [0.3, 0.4) is 0 Å². The summed E-state index contributed by atoms with van der Waals surface area (Å²) in [4.78, 5) is 0. The summed E-state index contributed by atoms with van der Waals surface area (Å²) in [5.41, 5.74) is 12.8. The van der Waals surface area contributed by atoms with Gasteiger partial charge in [-0.25, -0.2) is 0 Å². The second kappa shape index (κ2) is 8.50. The summed E-state index contributed by atoms with van der Waals surface area (Å²) in [6.45, 7) is 8.40. The van der Waals surface area contributed by atoms with E-state index in [2.05, 4.69) is 20.8 Å². The van der Waals surface area contributed by atoms with Gasteiger partial charge in [0.25, 0.3) is 0 Å². The van der Waals surface area contributed by atoms with Crippen LogP contribution >= 0.6 is 11.6 Å². The highest BCUT2D eigenvalue weighted by molar-refractivity contribution is 6.30. The molecule has 2 atom stereocenters.